The summed E-state index contributed by atoms with van der Waals surface area (Å²) < 4.78 is 5.37. The normalized spacial score (nSPS) is 42.8. The predicted molar refractivity (Wildman–Crippen MR) is 85.6 cm³/mol. The summed E-state index contributed by atoms with van der Waals surface area (Å²) in [6.45, 7) is 6.21. The number of fused-ring (bicyclic) bond motifs is 2. The van der Waals surface area contributed by atoms with Gasteiger partial charge < -0.3 is 4.74 Å². The Morgan fingerprint density at radius 1 is 1.30 bits per heavy atom. The molecule has 23 heavy (non-hydrogen) atoms. The van der Waals surface area contributed by atoms with Crippen LogP contribution in [-0.4, -0.2) is 24.1 Å². The molecule has 1 spiro atoms. The fourth-order valence-electron chi connectivity index (χ4n) is 5.65. The van der Waals surface area contributed by atoms with E-state index in [9.17, 15) is 14.4 Å². The minimum Gasteiger partial charge on any atom is -0.465 e. The van der Waals surface area contributed by atoms with Crippen LogP contribution in [-0.2, 0) is 19.1 Å². The van der Waals surface area contributed by atoms with E-state index in [4.69, 9.17) is 4.74 Å². The number of carbonyl (C=O) groups is 3. The molecule has 2 fully saturated rings. The van der Waals surface area contributed by atoms with E-state index < -0.39 is 5.41 Å². The van der Waals surface area contributed by atoms with Crippen molar-refractivity contribution < 1.29 is 19.1 Å². The maximum absolute atomic E-state index is 12.8. The molecule has 4 heteroatoms. The first-order valence-electron chi connectivity index (χ1n) is 8.62. The lowest BCUT2D eigenvalue weighted by Crippen LogP contribution is -2.59. The molecule has 0 amide bonds. The summed E-state index contributed by atoms with van der Waals surface area (Å²) >= 11 is 0. The van der Waals surface area contributed by atoms with E-state index in [-0.39, 0.29) is 34.3 Å². The number of ketones is 2. The molecule has 0 aromatic heterocycles. The zero-order valence-electron chi connectivity index (χ0n) is 14.3. The maximum atomic E-state index is 12.8. The molecular formula is C19H26O4. The van der Waals surface area contributed by atoms with Gasteiger partial charge in [0.15, 0.2) is 5.78 Å². The van der Waals surface area contributed by atoms with E-state index in [1.165, 1.54) is 6.92 Å². The monoisotopic (exact) mass is 318 g/mol. The highest BCUT2D eigenvalue weighted by Gasteiger charge is 2.64. The first-order valence-corrected chi connectivity index (χ1v) is 8.62. The van der Waals surface area contributed by atoms with Crippen molar-refractivity contribution in [3.63, 3.8) is 0 Å². The minimum atomic E-state index is -0.634. The van der Waals surface area contributed by atoms with Gasteiger partial charge in [0.2, 0.25) is 0 Å². The summed E-state index contributed by atoms with van der Waals surface area (Å²) in [6, 6.07) is 0. The Morgan fingerprint density at radius 3 is 2.65 bits per heavy atom. The molecule has 0 N–H and O–H groups in total. The second kappa shape index (κ2) is 5.29. The lowest BCUT2D eigenvalue weighted by Gasteiger charge is -2.60. The molecular weight excluding hydrogens is 292 g/mol. The molecule has 0 aliphatic heterocycles. The zero-order valence-corrected chi connectivity index (χ0v) is 14.3. The molecule has 3 aliphatic rings. The fraction of sp³-hybridized carbons (Fsp3) is 0.737. The van der Waals surface area contributed by atoms with Gasteiger partial charge in [-0.2, -0.15) is 0 Å². The van der Waals surface area contributed by atoms with E-state index in [1.807, 2.05) is 6.08 Å². The Morgan fingerprint density at radius 2 is 2.04 bits per heavy atom. The summed E-state index contributed by atoms with van der Waals surface area (Å²) in [5.41, 5.74) is -0.977. The van der Waals surface area contributed by atoms with E-state index in [1.54, 1.807) is 6.08 Å². The van der Waals surface area contributed by atoms with Gasteiger partial charge in [-0.05, 0) is 36.7 Å². The average molecular weight is 318 g/mol. The van der Waals surface area contributed by atoms with Gasteiger partial charge in [-0.1, -0.05) is 26.3 Å². The van der Waals surface area contributed by atoms with Crippen molar-refractivity contribution in [2.45, 2.75) is 59.3 Å². The third kappa shape index (κ3) is 2.29. The smallest absolute Gasteiger partial charge is 0.302 e. The number of carbonyl (C=O) groups excluding carboxylic acids is 3. The highest BCUT2D eigenvalue weighted by atomic mass is 16.5. The number of allylic oxidation sites excluding steroid dienone is 2. The van der Waals surface area contributed by atoms with Gasteiger partial charge in [0.1, 0.15) is 5.78 Å². The van der Waals surface area contributed by atoms with E-state index in [0.29, 0.717) is 19.4 Å². The van der Waals surface area contributed by atoms with Crippen LogP contribution in [0, 0.1) is 22.2 Å². The van der Waals surface area contributed by atoms with E-state index in [2.05, 4.69) is 13.8 Å². The van der Waals surface area contributed by atoms with Gasteiger partial charge >= 0.3 is 5.97 Å². The van der Waals surface area contributed by atoms with Crippen molar-refractivity contribution in [2.24, 2.45) is 22.2 Å². The van der Waals surface area contributed by atoms with Gasteiger partial charge in [-0.15, -0.1) is 0 Å². The predicted octanol–water partition coefficient (Wildman–Crippen LogP) is 3.24. The standard InChI is InChI=1S/C19H26O4/c1-13(20)23-12-17(2)8-4-9-18(3)15(17)5-6-16(22)19(18)10-7-14(21)11-19/h7,10,15H,4-6,8-9,11-12H2,1-3H3/t15-,17+,18-,19?/m0/s1. The van der Waals surface area contributed by atoms with Crippen LogP contribution in [0.2, 0.25) is 0 Å². The SMILES string of the molecule is CC(=O)OC[C@@]1(C)CCC[C@@]2(C)[C@H]1CCC(=O)C21C=CC(=O)C1. The van der Waals surface area contributed by atoms with Crippen LogP contribution < -0.4 is 0 Å². The molecule has 0 aromatic rings. The van der Waals surface area contributed by atoms with Crippen LogP contribution in [0.1, 0.15) is 59.3 Å². The minimum absolute atomic E-state index is 0.0625. The van der Waals surface area contributed by atoms with Gasteiger partial charge in [-0.25, -0.2) is 0 Å². The van der Waals surface area contributed by atoms with E-state index >= 15 is 0 Å². The van der Waals surface area contributed by atoms with Crippen LogP contribution in [0.25, 0.3) is 0 Å². The van der Waals surface area contributed by atoms with Gasteiger partial charge in [0, 0.05) is 25.2 Å². The quantitative estimate of drug-likeness (QED) is 0.733. The molecule has 4 nitrogen and oxygen atoms in total. The number of rotatable bonds is 2. The second-order valence-corrected chi connectivity index (χ2v) is 8.17. The summed E-state index contributed by atoms with van der Waals surface area (Å²) in [7, 11) is 0. The largest absolute Gasteiger partial charge is 0.465 e. The van der Waals surface area contributed by atoms with Crippen LogP contribution in [0.5, 0.6) is 0 Å². The number of esters is 1. The molecule has 126 valence electrons. The Balaban J connectivity index is 1.98. The fourth-order valence-corrected chi connectivity index (χ4v) is 5.65. The summed E-state index contributed by atoms with van der Waals surface area (Å²) in [4.78, 5) is 36.0. The van der Waals surface area contributed by atoms with Crippen molar-refractivity contribution in [3.8, 4) is 0 Å². The van der Waals surface area contributed by atoms with Crippen LogP contribution in [0.15, 0.2) is 12.2 Å². The van der Waals surface area contributed by atoms with Gasteiger partial charge in [0.05, 0.1) is 12.0 Å². The summed E-state index contributed by atoms with van der Waals surface area (Å²) in [6.07, 6.45) is 8.12. The van der Waals surface area contributed by atoms with Crippen molar-refractivity contribution in [2.75, 3.05) is 6.61 Å². The van der Waals surface area contributed by atoms with E-state index in [0.717, 1.165) is 25.7 Å². The van der Waals surface area contributed by atoms with Crippen LogP contribution in [0.4, 0.5) is 0 Å². The third-order valence-corrected chi connectivity index (χ3v) is 6.84. The highest BCUT2D eigenvalue weighted by molar-refractivity contribution is 6.02. The maximum Gasteiger partial charge on any atom is 0.302 e. The zero-order chi connectivity index (χ0) is 16.9. The Hall–Kier alpha value is -1.45. The van der Waals surface area contributed by atoms with Crippen molar-refractivity contribution >= 4 is 17.5 Å². The molecule has 0 radical (unpaired) electrons. The lowest BCUT2D eigenvalue weighted by atomic mass is 9.42. The molecule has 2 saturated carbocycles. The van der Waals surface area contributed by atoms with Crippen LogP contribution in [0.3, 0.4) is 0 Å². The summed E-state index contributed by atoms with van der Waals surface area (Å²) in [5, 5.41) is 0. The van der Waals surface area contributed by atoms with Crippen LogP contribution >= 0.6 is 0 Å². The molecule has 0 aromatic carbocycles. The Kier molecular flexibility index (Phi) is 3.77. The molecule has 0 bridgehead atoms. The topological polar surface area (TPSA) is 60.4 Å². The Labute approximate surface area is 137 Å². The molecule has 0 heterocycles. The lowest BCUT2D eigenvalue weighted by molar-refractivity contribution is -0.169. The number of hydrogen-bond donors (Lipinski definition) is 0. The number of ether oxygens (including phenoxy) is 1. The van der Waals surface area contributed by atoms with Gasteiger partial charge in [0.25, 0.3) is 0 Å². The van der Waals surface area contributed by atoms with Crippen molar-refractivity contribution in [1.29, 1.82) is 0 Å². The molecule has 4 atom stereocenters. The third-order valence-electron chi connectivity index (χ3n) is 6.84. The molecule has 3 rings (SSSR count). The first-order chi connectivity index (χ1) is 10.7. The summed E-state index contributed by atoms with van der Waals surface area (Å²) in [5.74, 6) is 0.315. The van der Waals surface area contributed by atoms with Crippen molar-refractivity contribution in [3.05, 3.63) is 12.2 Å². The van der Waals surface area contributed by atoms with Crippen molar-refractivity contribution in [1.82, 2.24) is 0 Å². The number of hydrogen-bond acceptors (Lipinski definition) is 4. The first kappa shape index (κ1) is 16.4. The molecule has 3 aliphatic carbocycles. The Bertz CT molecular complexity index is 592. The molecule has 0 saturated heterocycles. The highest BCUT2D eigenvalue weighted by Crippen LogP contribution is 2.66. The number of Topliss-reactive ketones (excluding diaryl/α,β-unsaturated/α-hetero) is 1. The van der Waals surface area contributed by atoms with Gasteiger partial charge in [-0.3, -0.25) is 14.4 Å². The molecule has 1 unspecified atom stereocenters. The second-order valence-electron chi connectivity index (χ2n) is 8.17. The average Bonchev–Trinajstić information content (AvgIpc) is 2.87.